The van der Waals surface area contributed by atoms with Crippen LogP contribution in [0, 0.1) is 5.92 Å². The highest BCUT2D eigenvalue weighted by Gasteiger charge is 2.28. The first-order valence-electron chi connectivity index (χ1n) is 12.0. The average molecular weight is 477 g/mol. The standard InChI is InChI=1S/C27H32N4O4/c1-19(8-7-13-34-2)35-18-20-9-6-10-21(14-20)24-16-25(29-27(33)22-15-26(32)28-17-22)30-31(24)23-11-4-3-5-12-23/h3-6,9-12,14,16,19,22H,7-8,13,15,17-18H2,1-2H3,(H,28,32)(H,29,30,33)/t19-,22+/m1/s1. The molecule has 0 radical (unpaired) electrons. The van der Waals surface area contributed by atoms with Crippen LogP contribution in [0.4, 0.5) is 5.82 Å². The predicted molar refractivity (Wildman–Crippen MR) is 134 cm³/mol. The molecule has 1 aliphatic heterocycles. The summed E-state index contributed by atoms with van der Waals surface area (Å²) >= 11 is 0. The highest BCUT2D eigenvalue weighted by molar-refractivity contribution is 5.97. The summed E-state index contributed by atoms with van der Waals surface area (Å²) in [5, 5.41) is 10.3. The van der Waals surface area contributed by atoms with E-state index in [0.29, 0.717) is 19.0 Å². The molecule has 35 heavy (non-hydrogen) atoms. The lowest BCUT2D eigenvalue weighted by molar-refractivity contribution is -0.123. The topological polar surface area (TPSA) is 94.5 Å². The number of amides is 2. The maximum absolute atomic E-state index is 12.7. The van der Waals surface area contributed by atoms with Crippen LogP contribution in [-0.4, -0.2) is 48.0 Å². The maximum Gasteiger partial charge on any atom is 0.230 e. The number of nitrogens with zero attached hydrogens (tertiary/aromatic N) is 2. The molecular weight excluding hydrogens is 444 g/mol. The fourth-order valence-electron chi connectivity index (χ4n) is 4.09. The minimum Gasteiger partial charge on any atom is -0.385 e. The van der Waals surface area contributed by atoms with Crippen molar-refractivity contribution in [3.63, 3.8) is 0 Å². The van der Waals surface area contributed by atoms with Crippen molar-refractivity contribution in [3.8, 4) is 16.9 Å². The number of rotatable bonds is 11. The van der Waals surface area contributed by atoms with Gasteiger partial charge in [0.25, 0.3) is 0 Å². The number of hydrogen-bond acceptors (Lipinski definition) is 5. The summed E-state index contributed by atoms with van der Waals surface area (Å²) in [6, 6.07) is 19.8. The summed E-state index contributed by atoms with van der Waals surface area (Å²) in [6.45, 7) is 3.67. The highest BCUT2D eigenvalue weighted by atomic mass is 16.5. The molecule has 2 amide bonds. The van der Waals surface area contributed by atoms with E-state index in [-0.39, 0.29) is 30.3 Å². The van der Waals surface area contributed by atoms with Gasteiger partial charge in [0, 0.05) is 38.3 Å². The first kappa shape index (κ1) is 24.6. The van der Waals surface area contributed by atoms with Crippen molar-refractivity contribution in [2.24, 2.45) is 5.92 Å². The Labute approximate surface area is 205 Å². The average Bonchev–Trinajstić information content (AvgIpc) is 3.50. The van der Waals surface area contributed by atoms with Crippen LogP contribution in [0.25, 0.3) is 16.9 Å². The molecule has 3 aromatic rings. The van der Waals surface area contributed by atoms with Gasteiger partial charge in [-0.25, -0.2) is 4.68 Å². The minimum atomic E-state index is -0.390. The summed E-state index contributed by atoms with van der Waals surface area (Å²) in [5.74, 6) is -0.259. The maximum atomic E-state index is 12.7. The molecule has 0 unspecified atom stereocenters. The van der Waals surface area contributed by atoms with Crippen LogP contribution in [0.3, 0.4) is 0 Å². The van der Waals surface area contributed by atoms with Gasteiger partial charge in [0.15, 0.2) is 5.82 Å². The van der Waals surface area contributed by atoms with Crippen molar-refractivity contribution in [3.05, 3.63) is 66.2 Å². The Bertz CT molecular complexity index is 1150. The molecule has 1 aromatic heterocycles. The lowest BCUT2D eigenvalue weighted by Gasteiger charge is -2.14. The number of anilines is 1. The SMILES string of the molecule is COCCC[C@@H](C)OCc1cccc(-c2cc(NC(=O)[C@@H]3CNC(=O)C3)nn2-c2ccccc2)c1. The second-order valence-corrected chi connectivity index (χ2v) is 8.81. The minimum absolute atomic E-state index is 0.104. The quantitative estimate of drug-likeness (QED) is 0.409. The molecule has 4 rings (SSSR count). The number of aromatic nitrogens is 2. The summed E-state index contributed by atoms with van der Waals surface area (Å²) in [6.07, 6.45) is 2.25. The highest BCUT2D eigenvalue weighted by Crippen LogP contribution is 2.28. The van der Waals surface area contributed by atoms with Crippen molar-refractivity contribution in [1.82, 2.24) is 15.1 Å². The van der Waals surface area contributed by atoms with Crippen LogP contribution in [0.15, 0.2) is 60.7 Å². The molecule has 1 fully saturated rings. The van der Waals surface area contributed by atoms with Crippen LogP contribution < -0.4 is 10.6 Å². The van der Waals surface area contributed by atoms with Crippen molar-refractivity contribution in [2.45, 2.75) is 38.9 Å². The van der Waals surface area contributed by atoms with E-state index in [2.05, 4.69) is 28.7 Å². The Kier molecular flexibility index (Phi) is 8.28. The van der Waals surface area contributed by atoms with Gasteiger partial charge in [-0.3, -0.25) is 9.59 Å². The van der Waals surface area contributed by atoms with Crippen LogP contribution in [-0.2, 0) is 25.7 Å². The van der Waals surface area contributed by atoms with Gasteiger partial charge in [0.05, 0.1) is 30.0 Å². The van der Waals surface area contributed by atoms with E-state index in [9.17, 15) is 9.59 Å². The molecule has 1 saturated heterocycles. The Balaban J connectivity index is 1.54. The Morgan fingerprint density at radius 3 is 2.77 bits per heavy atom. The molecule has 2 heterocycles. The van der Waals surface area contributed by atoms with E-state index in [1.807, 2.05) is 59.3 Å². The number of ether oxygens (including phenoxy) is 2. The third-order valence-corrected chi connectivity index (χ3v) is 6.03. The molecule has 8 heteroatoms. The van der Waals surface area contributed by atoms with Crippen LogP contribution in [0.2, 0.25) is 0 Å². The van der Waals surface area contributed by atoms with Gasteiger partial charge >= 0.3 is 0 Å². The molecule has 8 nitrogen and oxygen atoms in total. The van der Waals surface area contributed by atoms with E-state index in [0.717, 1.165) is 42.0 Å². The molecule has 0 spiro atoms. The largest absolute Gasteiger partial charge is 0.385 e. The summed E-state index contributed by atoms with van der Waals surface area (Å²) < 4.78 is 13.0. The van der Waals surface area contributed by atoms with Gasteiger partial charge < -0.3 is 20.1 Å². The van der Waals surface area contributed by atoms with E-state index in [4.69, 9.17) is 9.47 Å². The van der Waals surface area contributed by atoms with Crippen LogP contribution >= 0.6 is 0 Å². The van der Waals surface area contributed by atoms with Gasteiger partial charge in [-0.05, 0) is 43.5 Å². The zero-order valence-electron chi connectivity index (χ0n) is 20.2. The Morgan fingerprint density at radius 2 is 2.03 bits per heavy atom. The number of nitrogens with one attached hydrogen (secondary N) is 2. The molecule has 184 valence electrons. The number of methoxy groups -OCH3 is 1. The summed E-state index contributed by atoms with van der Waals surface area (Å²) in [4.78, 5) is 24.2. The van der Waals surface area contributed by atoms with E-state index >= 15 is 0 Å². The van der Waals surface area contributed by atoms with Gasteiger partial charge in [0.1, 0.15) is 0 Å². The zero-order chi connectivity index (χ0) is 24.6. The molecular formula is C27H32N4O4. The van der Waals surface area contributed by atoms with E-state index in [1.165, 1.54) is 0 Å². The van der Waals surface area contributed by atoms with E-state index in [1.54, 1.807) is 7.11 Å². The lowest BCUT2D eigenvalue weighted by Crippen LogP contribution is -2.24. The van der Waals surface area contributed by atoms with Crippen molar-refractivity contribution in [2.75, 3.05) is 25.6 Å². The van der Waals surface area contributed by atoms with Crippen LogP contribution in [0.5, 0.6) is 0 Å². The van der Waals surface area contributed by atoms with E-state index < -0.39 is 0 Å². The first-order chi connectivity index (χ1) is 17.0. The van der Waals surface area contributed by atoms with Gasteiger partial charge in [-0.2, -0.15) is 0 Å². The van der Waals surface area contributed by atoms with Crippen molar-refractivity contribution in [1.29, 1.82) is 0 Å². The summed E-state index contributed by atoms with van der Waals surface area (Å²) in [5.41, 5.74) is 3.76. The number of para-hydroxylation sites is 1. The normalized spacial score (nSPS) is 16.2. The number of benzene rings is 2. The van der Waals surface area contributed by atoms with Gasteiger partial charge in [-0.1, -0.05) is 36.4 Å². The van der Waals surface area contributed by atoms with Gasteiger partial charge in [-0.15, -0.1) is 5.10 Å². The fraction of sp³-hybridized carbons (Fsp3) is 0.370. The monoisotopic (exact) mass is 476 g/mol. The fourth-order valence-corrected chi connectivity index (χ4v) is 4.09. The third kappa shape index (κ3) is 6.55. The van der Waals surface area contributed by atoms with Crippen molar-refractivity contribution >= 4 is 17.6 Å². The number of hydrogen-bond donors (Lipinski definition) is 2. The molecule has 0 aliphatic carbocycles. The number of carbonyl (C=O) groups is 2. The molecule has 2 N–H and O–H groups in total. The smallest absolute Gasteiger partial charge is 0.230 e. The first-order valence-corrected chi connectivity index (χ1v) is 12.0. The number of carbonyl (C=O) groups excluding carboxylic acids is 2. The van der Waals surface area contributed by atoms with Crippen LogP contribution in [0.1, 0.15) is 31.7 Å². The second-order valence-electron chi connectivity index (χ2n) is 8.81. The molecule has 1 aliphatic rings. The second kappa shape index (κ2) is 11.8. The Hall–Kier alpha value is -3.49. The molecule has 2 atom stereocenters. The molecule has 0 bridgehead atoms. The summed E-state index contributed by atoms with van der Waals surface area (Å²) in [7, 11) is 1.71. The molecule has 0 saturated carbocycles. The predicted octanol–water partition coefficient (Wildman–Crippen LogP) is 3.95. The van der Waals surface area contributed by atoms with Crippen molar-refractivity contribution < 1.29 is 19.1 Å². The Morgan fingerprint density at radius 1 is 1.20 bits per heavy atom. The third-order valence-electron chi connectivity index (χ3n) is 6.03. The zero-order valence-corrected chi connectivity index (χ0v) is 20.2. The lowest BCUT2D eigenvalue weighted by atomic mass is 10.1. The molecule has 2 aromatic carbocycles. The van der Waals surface area contributed by atoms with Gasteiger partial charge in [0.2, 0.25) is 11.8 Å².